The largest absolute Gasteiger partial charge is 0.459 e. The molecule has 94 valence electrons. The summed E-state index contributed by atoms with van der Waals surface area (Å²) in [5, 5.41) is 17.7. The molecule has 1 rings (SSSR count). The summed E-state index contributed by atoms with van der Waals surface area (Å²) in [4.78, 5) is 11.7. The molecule has 0 aliphatic heterocycles. The van der Waals surface area contributed by atoms with Crippen LogP contribution in [-0.4, -0.2) is 35.5 Å². The molecule has 0 fully saturated rings. The zero-order chi connectivity index (χ0) is 12.8. The number of carbonyl (C=O) groups is 1. The number of nitrogens with two attached hydrogens (primary N) is 1. The number of benzene rings is 1. The number of nitrogen functional groups attached to an aromatic ring is 1. The average Bonchev–Trinajstić information content (AvgIpc) is 2.35. The van der Waals surface area contributed by atoms with Crippen molar-refractivity contribution in [3.63, 3.8) is 0 Å². The fourth-order valence-electron chi connectivity index (χ4n) is 1.41. The van der Waals surface area contributed by atoms with E-state index in [4.69, 9.17) is 20.7 Å². The molecule has 0 saturated carbocycles. The number of esters is 1. The number of ether oxygens (including phenoxy) is 1. The van der Waals surface area contributed by atoms with Gasteiger partial charge in [-0.15, -0.1) is 0 Å². The number of carbonyl (C=O) groups excluding carboxylic acids is 1. The van der Waals surface area contributed by atoms with Crippen LogP contribution in [0.4, 0.5) is 5.69 Å². The van der Waals surface area contributed by atoms with Crippen LogP contribution in [0.2, 0.25) is 0 Å². The molecule has 5 nitrogen and oxygen atoms in total. The van der Waals surface area contributed by atoms with Gasteiger partial charge in [-0.05, 0) is 30.2 Å². The normalized spacial score (nSPS) is 12.2. The van der Waals surface area contributed by atoms with Gasteiger partial charge in [0, 0.05) is 5.69 Å². The van der Waals surface area contributed by atoms with E-state index in [-0.39, 0.29) is 6.61 Å². The van der Waals surface area contributed by atoms with Crippen molar-refractivity contribution >= 4 is 11.7 Å². The molecular formula is C12H17NO4. The van der Waals surface area contributed by atoms with E-state index in [0.717, 1.165) is 5.56 Å². The number of aliphatic hydroxyl groups is 2. The van der Waals surface area contributed by atoms with Crippen molar-refractivity contribution in [1.29, 1.82) is 0 Å². The molecule has 0 radical (unpaired) electrons. The lowest BCUT2D eigenvalue weighted by Crippen LogP contribution is -2.22. The van der Waals surface area contributed by atoms with E-state index >= 15 is 0 Å². The molecule has 0 bridgehead atoms. The fourth-order valence-corrected chi connectivity index (χ4v) is 1.41. The highest BCUT2D eigenvalue weighted by Gasteiger charge is 2.13. The molecule has 0 heterocycles. The summed E-state index contributed by atoms with van der Waals surface area (Å²) in [6.07, 6.45) is -0.379. The highest BCUT2D eigenvalue weighted by molar-refractivity contribution is 5.91. The predicted octanol–water partition coefficient (Wildman–Crippen LogP) is 0.341. The SMILES string of the molecule is CCc1cc(N)ccc1C(=O)OCC(O)CO. The highest BCUT2D eigenvalue weighted by atomic mass is 16.5. The molecule has 0 aromatic heterocycles. The highest BCUT2D eigenvalue weighted by Crippen LogP contribution is 2.15. The summed E-state index contributed by atoms with van der Waals surface area (Å²) in [5.74, 6) is -0.519. The lowest BCUT2D eigenvalue weighted by atomic mass is 10.0. The maximum absolute atomic E-state index is 11.7. The van der Waals surface area contributed by atoms with Gasteiger partial charge in [-0.2, -0.15) is 0 Å². The minimum atomic E-state index is -1.04. The van der Waals surface area contributed by atoms with Gasteiger partial charge in [0.15, 0.2) is 0 Å². The fraction of sp³-hybridized carbons (Fsp3) is 0.417. The lowest BCUT2D eigenvalue weighted by molar-refractivity contribution is 0.00925. The Hall–Kier alpha value is -1.59. The van der Waals surface area contributed by atoms with Crippen molar-refractivity contribution in [3.05, 3.63) is 29.3 Å². The Balaban J connectivity index is 2.75. The maximum Gasteiger partial charge on any atom is 0.338 e. The molecule has 17 heavy (non-hydrogen) atoms. The quantitative estimate of drug-likeness (QED) is 0.509. The van der Waals surface area contributed by atoms with Crippen LogP contribution >= 0.6 is 0 Å². The van der Waals surface area contributed by atoms with Crippen LogP contribution in [0.3, 0.4) is 0 Å². The first-order chi connectivity index (χ1) is 8.08. The molecule has 1 unspecified atom stereocenters. The molecule has 1 atom stereocenters. The smallest absolute Gasteiger partial charge is 0.338 e. The molecule has 1 aromatic rings. The van der Waals surface area contributed by atoms with Crippen molar-refractivity contribution in [2.24, 2.45) is 0 Å². The van der Waals surface area contributed by atoms with E-state index in [1.165, 1.54) is 0 Å². The zero-order valence-corrected chi connectivity index (χ0v) is 9.72. The molecule has 0 aliphatic carbocycles. The van der Waals surface area contributed by atoms with E-state index in [9.17, 15) is 4.79 Å². The van der Waals surface area contributed by atoms with Crippen molar-refractivity contribution in [1.82, 2.24) is 0 Å². The molecule has 0 saturated heterocycles. The minimum absolute atomic E-state index is 0.219. The number of hydrogen-bond acceptors (Lipinski definition) is 5. The van der Waals surface area contributed by atoms with Gasteiger partial charge in [0.2, 0.25) is 0 Å². The van der Waals surface area contributed by atoms with Gasteiger partial charge in [-0.25, -0.2) is 4.79 Å². The zero-order valence-electron chi connectivity index (χ0n) is 9.72. The van der Waals surface area contributed by atoms with Crippen LogP contribution in [-0.2, 0) is 11.2 Å². The van der Waals surface area contributed by atoms with Crippen LogP contribution in [0, 0.1) is 0 Å². The summed E-state index contributed by atoms with van der Waals surface area (Å²) >= 11 is 0. The second-order valence-corrected chi connectivity index (χ2v) is 3.70. The monoisotopic (exact) mass is 239 g/mol. The Morgan fingerprint density at radius 3 is 2.82 bits per heavy atom. The van der Waals surface area contributed by atoms with Crippen LogP contribution < -0.4 is 5.73 Å². The van der Waals surface area contributed by atoms with Crippen molar-refractivity contribution < 1.29 is 19.7 Å². The van der Waals surface area contributed by atoms with Crippen molar-refractivity contribution in [2.75, 3.05) is 18.9 Å². The van der Waals surface area contributed by atoms with Crippen LogP contribution in [0.25, 0.3) is 0 Å². The number of rotatable bonds is 5. The summed E-state index contributed by atoms with van der Waals surface area (Å²) in [6, 6.07) is 4.94. The molecule has 0 spiro atoms. The number of aryl methyl sites for hydroxylation is 1. The van der Waals surface area contributed by atoms with E-state index in [0.29, 0.717) is 17.7 Å². The van der Waals surface area contributed by atoms with Gasteiger partial charge in [0.25, 0.3) is 0 Å². The number of anilines is 1. The Kier molecular flexibility index (Phi) is 4.93. The molecule has 5 heteroatoms. The Labute approximate surface area is 99.8 Å². The average molecular weight is 239 g/mol. The molecule has 1 aromatic carbocycles. The topological polar surface area (TPSA) is 92.8 Å². The lowest BCUT2D eigenvalue weighted by Gasteiger charge is -2.11. The van der Waals surface area contributed by atoms with Gasteiger partial charge in [0.1, 0.15) is 12.7 Å². The Morgan fingerprint density at radius 1 is 1.53 bits per heavy atom. The minimum Gasteiger partial charge on any atom is -0.459 e. The second kappa shape index (κ2) is 6.22. The molecular weight excluding hydrogens is 222 g/mol. The summed E-state index contributed by atoms with van der Waals surface area (Å²) in [6.45, 7) is 1.26. The third-order valence-electron chi connectivity index (χ3n) is 2.35. The number of hydrogen-bond donors (Lipinski definition) is 3. The Bertz CT molecular complexity index is 392. The van der Waals surface area contributed by atoms with E-state index < -0.39 is 18.7 Å². The van der Waals surface area contributed by atoms with E-state index in [1.54, 1.807) is 18.2 Å². The van der Waals surface area contributed by atoms with Gasteiger partial charge >= 0.3 is 5.97 Å². The maximum atomic E-state index is 11.7. The predicted molar refractivity (Wildman–Crippen MR) is 63.6 cm³/mol. The van der Waals surface area contributed by atoms with E-state index in [1.807, 2.05) is 6.92 Å². The third kappa shape index (κ3) is 3.72. The standard InChI is InChI=1S/C12H17NO4/c1-2-8-5-9(13)3-4-11(8)12(16)17-7-10(15)6-14/h3-5,10,14-15H,2,6-7,13H2,1H3. The van der Waals surface area contributed by atoms with Crippen LogP contribution in [0.5, 0.6) is 0 Å². The second-order valence-electron chi connectivity index (χ2n) is 3.70. The molecule has 0 amide bonds. The van der Waals surface area contributed by atoms with Crippen LogP contribution in [0.15, 0.2) is 18.2 Å². The summed E-state index contributed by atoms with van der Waals surface area (Å²) < 4.78 is 4.87. The first-order valence-corrected chi connectivity index (χ1v) is 5.43. The molecule has 4 N–H and O–H groups in total. The van der Waals surface area contributed by atoms with Gasteiger partial charge in [0.05, 0.1) is 12.2 Å². The van der Waals surface area contributed by atoms with Gasteiger partial charge < -0.3 is 20.7 Å². The first kappa shape index (κ1) is 13.5. The van der Waals surface area contributed by atoms with Crippen molar-refractivity contribution in [3.8, 4) is 0 Å². The summed E-state index contributed by atoms with van der Waals surface area (Å²) in [5.41, 5.74) is 7.45. The first-order valence-electron chi connectivity index (χ1n) is 5.43. The van der Waals surface area contributed by atoms with Gasteiger partial charge in [-0.3, -0.25) is 0 Å². The van der Waals surface area contributed by atoms with Crippen LogP contribution in [0.1, 0.15) is 22.8 Å². The van der Waals surface area contributed by atoms with E-state index in [2.05, 4.69) is 0 Å². The summed E-state index contributed by atoms with van der Waals surface area (Å²) in [7, 11) is 0. The molecule has 0 aliphatic rings. The van der Waals surface area contributed by atoms with Gasteiger partial charge in [-0.1, -0.05) is 6.92 Å². The number of aliphatic hydroxyl groups excluding tert-OH is 2. The third-order valence-corrected chi connectivity index (χ3v) is 2.35. The Morgan fingerprint density at radius 2 is 2.24 bits per heavy atom. The van der Waals surface area contributed by atoms with Crippen molar-refractivity contribution in [2.45, 2.75) is 19.4 Å².